The number of hydrogen-bond donors (Lipinski definition) is 1. The molecule has 0 atom stereocenters. The van der Waals surface area contributed by atoms with Crippen molar-refractivity contribution in [1.82, 2.24) is 10.2 Å². The van der Waals surface area contributed by atoms with Gasteiger partial charge < -0.3 is 5.32 Å². The smallest absolute Gasteiger partial charge is 0.264 e. The lowest BCUT2D eigenvalue weighted by atomic mass is 10.0. The molecule has 1 aliphatic rings. The Morgan fingerprint density at radius 1 is 1.32 bits per heavy atom. The van der Waals surface area contributed by atoms with Crippen LogP contribution in [0, 0.1) is 6.92 Å². The monoisotopic (exact) mass is 332 g/mol. The number of nitrogens with one attached hydrogen (secondary N) is 1. The van der Waals surface area contributed by atoms with Crippen LogP contribution in [0.15, 0.2) is 22.7 Å². The quantitative estimate of drug-likeness (QED) is 0.912. The van der Waals surface area contributed by atoms with E-state index >= 15 is 0 Å². The molecular formula is C14H19BrF2N2. The molecule has 2 nitrogen and oxygen atoms in total. The fourth-order valence-electron chi connectivity index (χ4n) is 2.36. The number of rotatable bonds is 4. The van der Waals surface area contributed by atoms with E-state index in [0.29, 0.717) is 13.1 Å². The number of benzene rings is 1. The molecule has 0 unspecified atom stereocenters. The maximum atomic E-state index is 14.1. The first-order valence-electron chi connectivity index (χ1n) is 6.52. The van der Waals surface area contributed by atoms with Gasteiger partial charge in [-0.05, 0) is 30.2 Å². The van der Waals surface area contributed by atoms with Gasteiger partial charge >= 0.3 is 0 Å². The van der Waals surface area contributed by atoms with Gasteiger partial charge in [0.2, 0.25) is 0 Å². The van der Waals surface area contributed by atoms with Crippen LogP contribution in [0.2, 0.25) is 0 Å². The Balaban J connectivity index is 2.00. The van der Waals surface area contributed by atoms with E-state index in [2.05, 4.69) is 21.2 Å². The summed E-state index contributed by atoms with van der Waals surface area (Å²) in [7, 11) is 0. The molecule has 0 saturated carbocycles. The minimum absolute atomic E-state index is 0.152. The summed E-state index contributed by atoms with van der Waals surface area (Å²) in [5.74, 6) is -2.68. The number of nitrogens with zero attached hydrogens (tertiary/aromatic N) is 1. The van der Waals surface area contributed by atoms with Crippen LogP contribution in [0.4, 0.5) is 8.78 Å². The van der Waals surface area contributed by atoms with Crippen molar-refractivity contribution in [3.05, 3.63) is 33.8 Å². The van der Waals surface area contributed by atoms with E-state index in [4.69, 9.17) is 0 Å². The van der Waals surface area contributed by atoms with Gasteiger partial charge in [-0.15, -0.1) is 0 Å². The third-order valence-electron chi connectivity index (χ3n) is 3.42. The molecule has 1 fully saturated rings. The number of aryl methyl sites for hydroxylation is 1. The Morgan fingerprint density at radius 3 is 2.68 bits per heavy atom. The van der Waals surface area contributed by atoms with E-state index in [-0.39, 0.29) is 13.0 Å². The van der Waals surface area contributed by atoms with Gasteiger partial charge in [0, 0.05) is 37.1 Å². The summed E-state index contributed by atoms with van der Waals surface area (Å²) in [6.45, 7) is 4.72. The maximum Gasteiger partial charge on any atom is 0.264 e. The highest BCUT2D eigenvalue weighted by atomic mass is 79.9. The van der Waals surface area contributed by atoms with Crippen molar-refractivity contribution >= 4 is 15.9 Å². The second-order valence-electron chi connectivity index (χ2n) is 5.13. The Labute approximate surface area is 121 Å². The van der Waals surface area contributed by atoms with Crippen molar-refractivity contribution in [2.45, 2.75) is 19.3 Å². The molecular weight excluding hydrogens is 314 g/mol. The lowest BCUT2D eigenvalue weighted by Crippen LogP contribution is -2.48. The molecule has 5 heteroatoms. The molecule has 0 amide bonds. The Hall–Kier alpha value is -0.520. The zero-order valence-electron chi connectivity index (χ0n) is 11.1. The fraction of sp³-hybridized carbons (Fsp3) is 0.571. The summed E-state index contributed by atoms with van der Waals surface area (Å²) in [4.78, 5) is 1.84. The predicted octanol–water partition coefficient (Wildman–Crippen LogP) is 2.84. The first kappa shape index (κ1) is 14.9. The van der Waals surface area contributed by atoms with E-state index in [1.54, 1.807) is 6.07 Å². The lowest BCUT2D eigenvalue weighted by Gasteiger charge is -2.31. The van der Waals surface area contributed by atoms with Crippen LogP contribution in [0.1, 0.15) is 11.1 Å². The molecule has 1 saturated heterocycles. The summed E-state index contributed by atoms with van der Waals surface area (Å²) in [5.41, 5.74) is 1.64. The van der Waals surface area contributed by atoms with Gasteiger partial charge in [0.05, 0.1) is 6.54 Å². The summed E-state index contributed by atoms with van der Waals surface area (Å²) in [6.07, 6.45) is -0.192. The van der Waals surface area contributed by atoms with E-state index in [0.717, 1.165) is 28.7 Å². The molecule has 1 heterocycles. The van der Waals surface area contributed by atoms with Gasteiger partial charge in [-0.3, -0.25) is 4.90 Å². The summed E-state index contributed by atoms with van der Waals surface area (Å²) >= 11 is 3.34. The number of halogens is 3. The van der Waals surface area contributed by atoms with Gasteiger partial charge in [-0.2, -0.15) is 0 Å². The van der Waals surface area contributed by atoms with Gasteiger partial charge in [-0.1, -0.05) is 22.0 Å². The average molecular weight is 333 g/mol. The van der Waals surface area contributed by atoms with Crippen LogP contribution in [-0.2, 0) is 6.42 Å². The third kappa shape index (κ3) is 4.51. The van der Waals surface area contributed by atoms with Crippen molar-refractivity contribution in [1.29, 1.82) is 0 Å². The van der Waals surface area contributed by atoms with E-state index < -0.39 is 5.92 Å². The molecule has 2 rings (SSSR count). The topological polar surface area (TPSA) is 15.3 Å². The highest BCUT2D eigenvalue weighted by Crippen LogP contribution is 2.25. The predicted molar refractivity (Wildman–Crippen MR) is 76.8 cm³/mol. The molecule has 106 valence electrons. The molecule has 0 radical (unpaired) electrons. The summed E-state index contributed by atoms with van der Waals surface area (Å²) in [5, 5.41) is 3.17. The van der Waals surface area contributed by atoms with Crippen molar-refractivity contribution in [3.63, 3.8) is 0 Å². The molecule has 1 aliphatic heterocycles. The first-order chi connectivity index (χ1) is 8.96. The molecule has 0 spiro atoms. The second kappa shape index (κ2) is 6.29. The number of hydrogen-bond acceptors (Lipinski definition) is 2. The average Bonchev–Trinajstić information content (AvgIpc) is 2.34. The molecule has 1 aromatic rings. The summed E-state index contributed by atoms with van der Waals surface area (Å²) < 4.78 is 29.1. The first-order valence-corrected chi connectivity index (χ1v) is 7.31. The van der Waals surface area contributed by atoms with Gasteiger partial charge in [0.15, 0.2) is 0 Å². The molecule has 1 aromatic carbocycles. The Kier molecular flexibility index (Phi) is 4.92. The Bertz CT molecular complexity index is 431. The molecule has 19 heavy (non-hydrogen) atoms. The SMILES string of the molecule is Cc1ccc(Br)cc1CC(F)(F)CN1CCNCC1. The van der Waals surface area contributed by atoms with Gasteiger partial charge in [0.1, 0.15) is 0 Å². The van der Waals surface area contributed by atoms with Crippen LogP contribution in [0.5, 0.6) is 0 Å². The Morgan fingerprint density at radius 2 is 2.00 bits per heavy atom. The van der Waals surface area contributed by atoms with Crippen LogP contribution in [-0.4, -0.2) is 43.5 Å². The normalized spacial score (nSPS) is 17.7. The number of alkyl halides is 2. The van der Waals surface area contributed by atoms with Gasteiger partial charge in [0.25, 0.3) is 5.92 Å². The molecule has 0 bridgehead atoms. The highest BCUT2D eigenvalue weighted by molar-refractivity contribution is 9.10. The molecule has 1 N–H and O–H groups in total. The van der Waals surface area contributed by atoms with E-state index in [1.807, 2.05) is 24.0 Å². The lowest BCUT2D eigenvalue weighted by molar-refractivity contribution is -0.0338. The zero-order valence-corrected chi connectivity index (χ0v) is 12.6. The van der Waals surface area contributed by atoms with Crippen LogP contribution >= 0.6 is 15.9 Å². The number of piperazine rings is 1. The van der Waals surface area contributed by atoms with Gasteiger partial charge in [-0.25, -0.2) is 8.78 Å². The maximum absolute atomic E-state index is 14.1. The fourth-order valence-corrected chi connectivity index (χ4v) is 2.77. The van der Waals surface area contributed by atoms with E-state index in [1.165, 1.54) is 0 Å². The minimum atomic E-state index is -2.68. The largest absolute Gasteiger partial charge is 0.314 e. The van der Waals surface area contributed by atoms with Crippen molar-refractivity contribution in [2.24, 2.45) is 0 Å². The molecule has 0 aliphatic carbocycles. The van der Waals surface area contributed by atoms with E-state index in [9.17, 15) is 8.78 Å². The summed E-state index contributed by atoms with van der Waals surface area (Å²) in [6, 6.07) is 5.55. The van der Waals surface area contributed by atoms with Crippen molar-refractivity contribution < 1.29 is 8.78 Å². The van der Waals surface area contributed by atoms with Crippen LogP contribution in [0.25, 0.3) is 0 Å². The van der Waals surface area contributed by atoms with Crippen molar-refractivity contribution in [3.8, 4) is 0 Å². The molecule has 0 aromatic heterocycles. The zero-order chi connectivity index (χ0) is 13.9. The minimum Gasteiger partial charge on any atom is -0.314 e. The highest BCUT2D eigenvalue weighted by Gasteiger charge is 2.32. The van der Waals surface area contributed by atoms with Crippen molar-refractivity contribution in [2.75, 3.05) is 32.7 Å². The third-order valence-corrected chi connectivity index (χ3v) is 3.92. The van der Waals surface area contributed by atoms with Crippen LogP contribution < -0.4 is 5.32 Å². The second-order valence-corrected chi connectivity index (χ2v) is 6.05. The van der Waals surface area contributed by atoms with Crippen LogP contribution in [0.3, 0.4) is 0 Å². The standard InChI is InChI=1S/C14H19BrF2N2/c1-11-2-3-13(15)8-12(11)9-14(16,17)10-19-6-4-18-5-7-19/h2-3,8,18H,4-7,9-10H2,1H3.